The Bertz CT molecular complexity index is 338. The summed E-state index contributed by atoms with van der Waals surface area (Å²) in [5.74, 6) is 1.00. The quantitative estimate of drug-likeness (QED) is 0.747. The number of rotatable bonds is 5. The summed E-state index contributed by atoms with van der Waals surface area (Å²) in [6, 6.07) is 0. The van der Waals surface area contributed by atoms with Gasteiger partial charge in [0.05, 0.1) is 13.2 Å². The van der Waals surface area contributed by atoms with Gasteiger partial charge in [0.15, 0.2) is 0 Å². The van der Waals surface area contributed by atoms with Gasteiger partial charge in [-0.25, -0.2) is 0 Å². The third kappa shape index (κ3) is 4.31. The van der Waals surface area contributed by atoms with Crippen LogP contribution in [0.4, 0.5) is 0 Å². The van der Waals surface area contributed by atoms with Gasteiger partial charge in [-0.1, -0.05) is 24.6 Å². The van der Waals surface area contributed by atoms with Crippen molar-refractivity contribution >= 4 is 0 Å². The van der Waals surface area contributed by atoms with Gasteiger partial charge >= 0.3 is 0 Å². The maximum absolute atomic E-state index is 5.82. The van der Waals surface area contributed by atoms with Crippen LogP contribution < -0.4 is 0 Å². The van der Waals surface area contributed by atoms with E-state index < -0.39 is 0 Å². The molecule has 2 rings (SSSR count). The fourth-order valence-electron chi connectivity index (χ4n) is 2.14. The predicted octanol–water partition coefficient (Wildman–Crippen LogP) is 2.52. The number of hydrogen-bond acceptors (Lipinski definition) is 3. The molecule has 0 aromatic heterocycles. The van der Waals surface area contributed by atoms with Gasteiger partial charge in [0.1, 0.15) is 12.4 Å². The van der Waals surface area contributed by atoms with E-state index in [1.807, 2.05) is 0 Å². The van der Waals surface area contributed by atoms with Crippen molar-refractivity contribution in [3.8, 4) is 0 Å². The Hall–Kier alpha value is -1.06. The highest BCUT2D eigenvalue weighted by atomic mass is 16.5. The van der Waals surface area contributed by atoms with E-state index in [-0.39, 0.29) is 0 Å². The number of hydrogen-bond donors (Lipinski definition) is 0. The van der Waals surface area contributed by atoms with Crippen LogP contribution in [-0.2, 0) is 9.47 Å². The first-order valence-electron chi connectivity index (χ1n) is 6.88. The molecule has 0 aromatic carbocycles. The number of allylic oxidation sites excluding steroid dienone is 5. The van der Waals surface area contributed by atoms with E-state index in [9.17, 15) is 0 Å². The average Bonchev–Trinajstić information content (AvgIpc) is 2.65. The van der Waals surface area contributed by atoms with Crippen LogP contribution in [0.5, 0.6) is 0 Å². The molecule has 3 nitrogen and oxygen atoms in total. The Morgan fingerprint density at radius 1 is 1.22 bits per heavy atom. The van der Waals surface area contributed by atoms with E-state index in [0.29, 0.717) is 0 Å². The van der Waals surface area contributed by atoms with Gasteiger partial charge in [-0.2, -0.15) is 0 Å². The van der Waals surface area contributed by atoms with E-state index in [4.69, 9.17) is 9.47 Å². The maximum atomic E-state index is 5.82. The third-order valence-electron chi connectivity index (χ3n) is 3.35. The van der Waals surface area contributed by atoms with E-state index in [0.717, 1.165) is 58.1 Å². The molecule has 0 amide bonds. The molecule has 1 heterocycles. The summed E-state index contributed by atoms with van der Waals surface area (Å²) < 4.78 is 11.1. The Morgan fingerprint density at radius 3 is 2.83 bits per heavy atom. The lowest BCUT2D eigenvalue weighted by Crippen LogP contribution is -2.38. The van der Waals surface area contributed by atoms with Crippen LogP contribution >= 0.6 is 0 Å². The van der Waals surface area contributed by atoms with E-state index in [2.05, 4.69) is 36.1 Å². The molecule has 0 radical (unpaired) electrons. The summed E-state index contributed by atoms with van der Waals surface area (Å²) in [5.41, 5.74) is 1.39. The van der Waals surface area contributed by atoms with Crippen molar-refractivity contribution < 1.29 is 9.47 Å². The lowest BCUT2D eigenvalue weighted by Gasteiger charge is -2.26. The van der Waals surface area contributed by atoms with Gasteiger partial charge in [-0.3, -0.25) is 4.90 Å². The average molecular weight is 249 g/mol. The molecule has 0 unspecified atom stereocenters. The number of morpholine rings is 1. The smallest absolute Gasteiger partial charge is 0.115 e. The second-order valence-electron chi connectivity index (χ2n) is 4.61. The molecule has 18 heavy (non-hydrogen) atoms. The van der Waals surface area contributed by atoms with E-state index >= 15 is 0 Å². The molecule has 0 aromatic rings. The molecular formula is C15H23NO2. The number of nitrogens with zero attached hydrogens (tertiary/aromatic N) is 1. The molecule has 0 N–H and O–H groups in total. The summed E-state index contributed by atoms with van der Waals surface area (Å²) in [7, 11) is 0. The SMILES string of the molecule is CCC1=CCC=C(OCCN2CCOCC2)C=C1. The molecule has 0 bridgehead atoms. The van der Waals surface area contributed by atoms with Gasteiger partial charge in [0.2, 0.25) is 0 Å². The normalized spacial score (nSPS) is 21.2. The van der Waals surface area contributed by atoms with Crippen molar-refractivity contribution in [1.29, 1.82) is 0 Å². The molecule has 0 spiro atoms. The predicted molar refractivity (Wildman–Crippen MR) is 73.4 cm³/mol. The van der Waals surface area contributed by atoms with E-state index in [1.165, 1.54) is 5.57 Å². The van der Waals surface area contributed by atoms with Gasteiger partial charge in [-0.15, -0.1) is 0 Å². The van der Waals surface area contributed by atoms with Crippen molar-refractivity contribution in [2.45, 2.75) is 19.8 Å². The molecule has 3 heteroatoms. The highest BCUT2D eigenvalue weighted by Gasteiger charge is 2.09. The summed E-state index contributed by atoms with van der Waals surface area (Å²) in [6.45, 7) is 7.69. The molecule has 1 aliphatic carbocycles. The third-order valence-corrected chi connectivity index (χ3v) is 3.35. The second kappa shape index (κ2) is 7.39. The van der Waals surface area contributed by atoms with Crippen molar-refractivity contribution in [3.63, 3.8) is 0 Å². The van der Waals surface area contributed by atoms with Crippen LogP contribution in [0.2, 0.25) is 0 Å². The molecule has 0 atom stereocenters. The van der Waals surface area contributed by atoms with Crippen LogP contribution in [0.15, 0.2) is 35.6 Å². The Balaban J connectivity index is 1.69. The molecule has 100 valence electrons. The standard InChI is InChI=1S/C15H23NO2/c1-2-14-4-3-5-15(7-6-14)18-13-10-16-8-11-17-12-9-16/h4-7H,2-3,8-13H2,1H3. The van der Waals surface area contributed by atoms with Gasteiger partial charge in [0.25, 0.3) is 0 Å². The summed E-state index contributed by atoms with van der Waals surface area (Å²) in [4.78, 5) is 2.39. The van der Waals surface area contributed by atoms with Crippen LogP contribution in [0.3, 0.4) is 0 Å². The first-order valence-corrected chi connectivity index (χ1v) is 6.88. The molecule has 2 aliphatic rings. The Morgan fingerprint density at radius 2 is 2.06 bits per heavy atom. The van der Waals surface area contributed by atoms with Crippen molar-refractivity contribution in [2.75, 3.05) is 39.5 Å². The Labute approximate surface area is 110 Å². The number of ether oxygens (including phenoxy) is 2. The molecule has 1 saturated heterocycles. The fraction of sp³-hybridized carbons (Fsp3) is 0.600. The highest BCUT2D eigenvalue weighted by Crippen LogP contribution is 2.13. The monoisotopic (exact) mass is 249 g/mol. The van der Waals surface area contributed by atoms with Crippen molar-refractivity contribution in [2.24, 2.45) is 0 Å². The van der Waals surface area contributed by atoms with Crippen LogP contribution in [-0.4, -0.2) is 44.4 Å². The van der Waals surface area contributed by atoms with E-state index in [1.54, 1.807) is 0 Å². The summed E-state index contributed by atoms with van der Waals surface area (Å²) in [6.07, 6.45) is 10.7. The fourth-order valence-corrected chi connectivity index (χ4v) is 2.14. The molecular weight excluding hydrogens is 226 g/mol. The first-order chi connectivity index (χ1) is 8.88. The van der Waals surface area contributed by atoms with Crippen LogP contribution in [0.25, 0.3) is 0 Å². The summed E-state index contributed by atoms with van der Waals surface area (Å²) >= 11 is 0. The lowest BCUT2D eigenvalue weighted by atomic mass is 10.2. The van der Waals surface area contributed by atoms with Crippen molar-refractivity contribution in [1.82, 2.24) is 4.90 Å². The topological polar surface area (TPSA) is 21.7 Å². The maximum Gasteiger partial charge on any atom is 0.115 e. The zero-order valence-corrected chi connectivity index (χ0v) is 11.2. The lowest BCUT2D eigenvalue weighted by molar-refractivity contribution is 0.0281. The van der Waals surface area contributed by atoms with Gasteiger partial charge in [0, 0.05) is 19.6 Å². The highest BCUT2D eigenvalue weighted by molar-refractivity contribution is 5.29. The van der Waals surface area contributed by atoms with Crippen molar-refractivity contribution in [3.05, 3.63) is 35.6 Å². The van der Waals surface area contributed by atoms with Crippen LogP contribution in [0, 0.1) is 0 Å². The molecule has 1 fully saturated rings. The minimum absolute atomic E-state index is 0.762. The van der Waals surface area contributed by atoms with Gasteiger partial charge < -0.3 is 9.47 Å². The van der Waals surface area contributed by atoms with Crippen LogP contribution in [0.1, 0.15) is 19.8 Å². The minimum atomic E-state index is 0.762. The molecule has 1 aliphatic heterocycles. The zero-order chi connectivity index (χ0) is 12.6. The second-order valence-corrected chi connectivity index (χ2v) is 4.61. The largest absolute Gasteiger partial charge is 0.493 e. The summed E-state index contributed by atoms with van der Waals surface area (Å²) in [5, 5.41) is 0. The zero-order valence-electron chi connectivity index (χ0n) is 11.2. The first kappa shape index (κ1) is 13.4. The Kier molecular flexibility index (Phi) is 5.49. The van der Waals surface area contributed by atoms with Gasteiger partial charge in [-0.05, 0) is 25.0 Å². The molecule has 0 saturated carbocycles. The minimum Gasteiger partial charge on any atom is -0.493 e.